The SMILES string of the molecule is O=C(O)CCCCCCC(=O)O.c1ccncc1. The Kier molecular flexibility index (Phi) is 10.3. The Morgan fingerprint density at radius 2 is 1.22 bits per heavy atom. The summed E-state index contributed by atoms with van der Waals surface area (Å²) in [6.07, 6.45) is 6.78. The Hall–Kier alpha value is -1.91. The molecule has 0 fully saturated rings. The van der Waals surface area contributed by atoms with E-state index in [-0.39, 0.29) is 12.8 Å². The second kappa shape index (κ2) is 11.6. The summed E-state index contributed by atoms with van der Waals surface area (Å²) in [6, 6.07) is 5.72. The van der Waals surface area contributed by atoms with Crippen LogP contribution in [0.5, 0.6) is 0 Å². The molecule has 0 radical (unpaired) electrons. The van der Waals surface area contributed by atoms with Crippen molar-refractivity contribution in [2.75, 3.05) is 0 Å². The normalized spacial score (nSPS) is 9.11. The number of aromatic nitrogens is 1. The number of unbranched alkanes of at least 4 members (excludes halogenated alkanes) is 3. The van der Waals surface area contributed by atoms with Crippen molar-refractivity contribution in [3.63, 3.8) is 0 Å². The first-order chi connectivity index (χ1) is 8.63. The third-order valence-corrected chi connectivity index (χ3v) is 2.10. The van der Waals surface area contributed by atoms with Crippen LogP contribution in [0.1, 0.15) is 38.5 Å². The Labute approximate surface area is 106 Å². The molecule has 2 N–H and O–H groups in total. The van der Waals surface area contributed by atoms with Gasteiger partial charge < -0.3 is 10.2 Å². The minimum Gasteiger partial charge on any atom is -0.481 e. The van der Waals surface area contributed by atoms with Crippen LogP contribution in [0.4, 0.5) is 0 Å². The second-order valence-electron chi connectivity index (χ2n) is 3.73. The molecule has 18 heavy (non-hydrogen) atoms. The lowest BCUT2D eigenvalue weighted by Crippen LogP contribution is -1.95. The molecule has 0 spiro atoms. The number of nitrogens with zero attached hydrogens (tertiary/aromatic N) is 1. The molecule has 100 valence electrons. The quantitative estimate of drug-likeness (QED) is 0.729. The summed E-state index contributed by atoms with van der Waals surface area (Å²) in [5.41, 5.74) is 0. The molecule has 1 heterocycles. The molecule has 0 aromatic carbocycles. The molecule has 1 aromatic heterocycles. The first-order valence-corrected chi connectivity index (χ1v) is 5.91. The molecule has 5 nitrogen and oxygen atoms in total. The Bertz CT molecular complexity index is 282. The van der Waals surface area contributed by atoms with Gasteiger partial charge in [-0.2, -0.15) is 0 Å². The van der Waals surface area contributed by atoms with Crippen molar-refractivity contribution in [2.45, 2.75) is 38.5 Å². The van der Waals surface area contributed by atoms with Crippen LogP contribution in [0.15, 0.2) is 30.6 Å². The minimum absolute atomic E-state index is 0.188. The average molecular weight is 253 g/mol. The van der Waals surface area contributed by atoms with E-state index < -0.39 is 11.9 Å². The second-order valence-corrected chi connectivity index (χ2v) is 3.73. The molecule has 0 aliphatic carbocycles. The fourth-order valence-corrected chi connectivity index (χ4v) is 1.22. The summed E-state index contributed by atoms with van der Waals surface area (Å²) in [7, 11) is 0. The zero-order chi connectivity index (χ0) is 13.6. The van der Waals surface area contributed by atoms with Crippen LogP contribution in [0, 0.1) is 0 Å². The average Bonchev–Trinajstić information content (AvgIpc) is 2.36. The highest BCUT2D eigenvalue weighted by atomic mass is 16.4. The van der Waals surface area contributed by atoms with E-state index in [2.05, 4.69) is 4.98 Å². The van der Waals surface area contributed by atoms with E-state index >= 15 is 0 Å². The van der Waals surface area contributed by atoms with E-state index in [0.29, 0.717) is 12.8 Å². The van der Waals surface area contributed by atoms with Gasteiger partial charge in [0.25, 0.3) is 0 Å². The monoisotopic (exact) mass is 253 g/mol. The Balaban J connectivity index is 0.000000397. The molecule has 0 unspecified atom stereocenters. The molecule has 0 bridgehead atoms. The van der Waals surface area contributed by atoms with Crippen molar-refractivity contribution in [1.82, 2.24) is 4.98 Å². The lowest BCUT2D eigenvalue weighted by molar-refractivity contribution is -0.138. The summed E-state index contributed by atoms with van der Waals surface area (Å²) in [6.45, 7) is 0. The first kappa shape index (κ1) is 16.1. The first-order valence-electron chi connectivity index (χ1n) is 5.91. The molecule has 0 amide bonds. The lowest BCUT2D eigenvalue weighted by Gasteiger charge is -1.96. The maximum absolute atomic E-state index is 10.0. The summed E-state index contributed by atoms with van der Waals surface area (Å²) in [4.78, 5) is 23.9. The summed E-state index contributed by atoms with van der Waals surface area (Å²) < 4.78 is 0. The van der Waals surface area contributed by atoms with Crippen molar-refractivity contribution in [3.8, 4) is 0 Å². The number of carboxylic acid groups (broad SMARTS) is 2. The summed E-state index contributed by atoms with van der Waals surface area (Å²) in [5, 5.41) is 16.5. The predicted octanol–water partition coefficient (Wildman–Crippen LogP) is 2.58. The van der Waals surface area contributed by atoms with Crippen molar-refractivity contribution in [2.24, 2.45) is 0 Å². The Morgan fingerprint density at radius 1 is 0.778 bits per heavy atom. The van der Waals surface area contributed by atoms with Crippen LogP contribution >= 0.6 is 0 Å². The van der Waals surface area contributed by atoms with Gasteiger partial charge in [0, 0.05) is 25.2 Å². The third-order valence-electron chi connectivity index (χ3n) is 2.10. The van der Waals surface area contributed by atoms with Gasteiger partial charge in [0.2, 0.25) is 0 Å². The molecular formula is C13H19NO4. The molecule has 0 saturated carbocycles. The molecule has 1 aromatic rings. The standard InChI is InChI=1S/C8H14O4.C5H5N/c9-7(10)5-3-1-2-4-6-8(11)12;1-2-4-6-5-3-1/h1-6H2,(H,9,10)(H,11,12);1-5H. The molecule has 0 saturated heterocycles. The lowest BCUT2D eigenvalue weighted by atomic mass is 10.1. The topological polar surface area (TPSA) is 87.5 Å². The number of carboxylic acids is 2. The number of carbonyl (C=O) groups is 2. The van der Waals surface area contributed by atoms with Crippen LogP contribution in [-0.2, 0) is 9.59 Å². The molecule has 5 heteroatoms. The van der Waals surface area contributed by atoms with Gasteiger partial charge >= 0.3 is 11.9 Å². The van der Waals surface area contributed by atoms with Crippen molar-refractivity contribution in [3.05, 3.63) is 30.6 Å². The van der Waals surface area contributed by atoms with Crippen LogP contribution in [0.2, 0.25) is 0 Å². The van der Waals surface area contributed by atoms with Gasteiger partial charge in [0.05, 0.1) is 0 Å². The highest BCUT2D eigenvalue weighted by Gasteiger charge is 1.98. The van der Waals surface area contributed by atoms with E-state index in [9.17, 15) is 9.59 Å². The van der Waals surface area contributed by atoms with Gasteiger partial charge in [-0.05, 0) is 25.0 Å². The van der Waals surface area contributed by atoms with Gasteiger partial charge in [0.15, 0.2) is 0 Å². The van der Waals surface area contributed by atoms with E-state index in [1.165, 1.54) is 0 Å². The highest BCUT2D eigenvalue weighted by Crippen LogP contribution is 2.04. The van der Waals surface area contributed by atoms with Gasteiger partial charge in [0.1, 0.15) is 0 Å². The fourth-order valence-electron chi connectivity index (χ4n) is 1.22. The van der Waals surface area contributed by atoms with Gasteiger partial charge in [-0.3, -0.25) is 14.6 Å². The van der Waals surface area contributed by atoms with Crippen molar-refractivity contribution >= 4 is 11.9 Å². The van der Waals surface area contributed by atoms with E-state index in [1.807, 2.05) is 18.2 Å². The van der Waals surface area contributed by atoms with Crippen molar-refractivity contribution in [1.29, 1.82) is 0 Å². The highest BCUT2D eigenvalue weighted by molar-refractivity contribution is 5.66. The number of pyridine rings is 1. The van der Waals surface area contributed by atoms with Gasteiger partial charge in [-0.15, -0.1) is 0 Å². The van der Waals surface area contributed by atoms with Crippen LogP contribution in [-0.4, -0.2) is 27.1 Å². The summed E-state index contributed by atoms with van der Waals surface area (Å²) >= 11 is 0. The molecule has 0 aliphatic heterocycles. The molecule has 0 atom stereocenters. The molecule has 1 rings (SSSR count). The van der Waals surface area contributed by atoms with Crippen molar-refractivity contribution < 1.29 is 19.8 Å². The number of hydrogen-bond acceptors (Lipinski definition) is 3. The third kappa shape index (κ3) is 14.1. The zero-order valence-corrected chi connectivity index (χ0v) is 10.3. The van der Waals surface area contributed by atoms with Gasteiger partial charge in [-0.1, -0.05) is 18.9 Å². The predicted molar refractivity (Wildman–Crippen MR) is 67.2 cm³/mol. The summed E-state index contributed by atoms with van der Waals surface area (Å²) in [5.74, 6) is -1.57. The number of aliphatic carboxylic acids is 2. The fraction of sp³-hybridized carbons (Fsp3) is 0.462. The molecule has 0 aliphatic rings. The van der Waals surface area contributed by atoms with Crippen LogP contribution in [0.25, 0.3) is 0 Å². The number of hydrogen-bond donors (Lipinski definition) is 2. The van der Waals surface area contributed by atoms with E-state index in [0.717, 1.165) is 12.8 Å². The molecular weight excluding hydrogens is 234 g/mol. The maximum atomic E-state index is 10.0. The largest absolute Gasteiger partial charge is 0.481 e. The van der Waals surface area contributed by atoms with Crippen LogP contribution in [0.3, 0.4) is 0 Å². The maximum Gasteiger partial charge on any atom is 0.303 e. The van der Waals surface area contributed by atoms with Crippen LogP contribution < -0.4 is 0 Å². The van der Waals surface area contributed by atoms with E-state index in [4.69, 9.17) is 10.2 Å². The van der Waals surface area contributed by atoms with Gasteiger partial charge in [-0.25, -0.2) is 0 Å². The smallest absolute Gasteiger partial charge is 0.303 e. The zero-order valence-electron chi connectivity index (χ0n) is 10.3. The number of rotatable bonds is 7. The Morgan fingerprint density at radius 3 is 1.44 bits per heavy atom. The van der Waals surface area contributed by atoms with E-state index in [1.54, 1.807) is 12.4 Å². The minimum atomic E-state index is -0.784.